The van der Waals surface area contributed by atoms with Crippen LogP contribution in [0.2, 0.25) is 0 Å². The molecule has 1 aromatic heterocycles. The van der Waals surface area contributed by atoms with Gasteiger partial charge in [0.25, 0.3) is 17.4 Å². The summed E-state index contributed by atoms with van der Waals surface area (Å²) in [5.74, 6) is -1.42. The molecule has 1 aliphatic heterocycles. The van der Waals surface area contributed by atoms with Gasteiger partial charge in [0.05, 0.1) is 13.1 Å². The molecule has 3 N–H and O–H groups in total. The molecule has 1 fully saturated rings. The zero-order valence-corrected chi connectivity index (χ0v) is 22.0. The van der Waals surface area contributed by atoms with Crippen molar-refractivity contribution in [3.8, 4) is 18.4 Å². The second-order valence-electron chi connectivity index (χ2n) is 8.48. The number of alkyl halides is 2. The lowest BCUT2D eigenvalue weighted by molar-refractivity contribution is -0.119. The first kappa shape index (κ1) is 29.1. The predicted molar refractivity (Wildman–Crippen MR) is 145 cm³/mol. The lowest BCUT2D eigenvalue weighted by Crippen LogP contribution is -2.42. The van der Waals surface area contributed by atoms with E-state index in [4.69, 9.17) is 6.42 Å². The average molecular weight is 553 g/mol. The van der Waals surface area contributed by atoms with Crippen LogP contribution in [0.5, 0.6) is 0 Å². The molecule has 2 amide bonds. The molecule has 1 aromatic carbocycles. The van der Waals surface area contributed by atoms with Crippen LogP contribution >= 0.6 is 11.3 Å². The Balaban J connectivity index is 1.76. The lowest BCUT2D eigenvalue weighted by atomic mass is 10.1. The summed E-state index contributed by atoms with van der Waals surface area (Å²) < 4.78 is 28.5. The van der Waals surface area contributed by atoms with Crippen molar-refractivity contribution in [2.45, 2.75) is 32.2 Å². The molecule has 2 heterocycles. The summed E-state index contributed by atoms with van der Waals surface area (Å²) >= 11 is 1.01. The van der Waals surface area contributed by atoms with Gasteiger partial charge < -0.3 is 16.0 Å². The van der Waals surface area contributed by atoms with Gasteiger partial charge in [-0.15, -0.1) is 6.42 Å². The minimum absolute atomic E-state index is 0.0242. The average Bonchev–Trinajstić information content (AvgIpc) is 3.20. The number of rotatable bonds is 8. The third-order valence-corrected chi connectivity index (χ3v) is 6.68. The van der Waals surface area contributed by atoms with Gasteiger partial charge in [-0.1, -0.05) is 34.8 Å². The highest BCUT2D eigenvalue weighted by atomic mass is 32.1. The Hall–Kier alpha value is -4.44. The van der Waals surface area contributed by atoms with Crippen molar-refractivity contribution in [3.63, 3.8) is 0 Å². The number of halogens is 2. The van der Waals surface area contributed by atoms with E-state index in [-0.39, 0.29) is 65.3 Å². The van der Waals surface area contributed by atoms with E-state index in [1.165, 1.54) is 10.8 Å². The number of carbonyl (C=O) groups excluding carboxylic acids is 2. The summed E-state index contributed by atoms with van der Waals surface area (Å²) in [4.78, 5) is 38.9. The summed E-state index contributed by atoms with van der Waals surface area (Å²) in [5, 5.41) is 17.4. The molecular weight excluding hydrogens is 526 g/mol. The van der Waals surface area contributed by atoms with Crippen LogP contribution in [-0.4, -0.2) is 53.4 Å². The molecule has 0 bridgehead atoms. The second kappa shape index (κ2) is 13.4. The zero-order valence-electron chi connectivity index (χ0n) is 21.1. The van der Waals surface area contributed by atoms with Crippen LogP contribution in [0.1, 0.15) is 19.8 Å². The monoisotopic (exact) mass is 552 g/mol. The molecule has 0 radical (unpaired) electrons. The Kier molecular flexibility index (Phi) is 9.99. The van der Waals surface area contributed by atoms with E-state index in [2.05, 4.69) is 33.3 Å². The number of nitriles is 1. The van der Waals surface area contributed by atoms with Crippen LogP contribution < -0.4 is 30.7 Å². The van der Waals surface area contributed by atoms with Gasteiger partial charge in [-0.3, -0.25) is 23.9 Å². The van der Waals surface area contributed by atoms with E-state index in [9.17, 15) is 28.4 Å². The van der Waals surface area contributed by atoms with E-state index < -0.39 is 11.8 Å². The SMILES string of the molecule is C#CCNC(=O)C(=C=c1sc(=C=CNc2cccc(NC(=O)CN3CCC(F)(F)CC3)c2)c(=O)n1CC)C#N. The highest BCUT2D eigenvalue weighted by Crippen LogP contribution is 2.27. The van der Waals surface area contributed by atoms with Crippen LogP contribution in [0.4, 0.5) is 20.2 Å². The fraction of sp³-hybridized carbons (Fsp3) is 0.333. The van der Waals surface area contributed by atoms with Crippen LogP contribution in [-0.2, 0) is 16.1 Å². The first-order valence-corrected chi connectivity index (χ1v) is 12.8. The third-order valence-electron chi connectivity index (χ3n) is 5.66. The number of thiazole rings is 1. The Labute approximate surface area is 227 Å². The van der Waals surface area contributed by atoms with Gasteiger partial charge in [-0.05, 0) is 25.1 Å². The molecule has 2 aromatic rings. The normalized spacial score (nSPS) is 14.1. The van der Waals surface area contributed by atoms with Crippen LogP contribution in [0.15, 0.2) is 40.8 Å². The van der Waals surface area contributed by atoms with Crippen LogP contribution in [0.3, 0.4) is 0 Å². The molecule has 202 valence electrons. The van der Waals surface area contributed by atoms with E-state index >= 15 is 0 Å². The van der Waals surface area contributed by atoms with Gasteiger partial charge >= 0.3 is 0 Å². The molecular formula is C27H26F2N6O3S. The van der Waals surface area contributed by atoms with Gasteiger partial charge in [0, 0.05) is 50.1 Å². The fourth-order valence-electron chi connectivity index (χ4n) is 3.66. The van der Waals surface area contributed by atoms with Crippen molar-refractivity contribution in [1.82, 2.24) is 14.8 Å². The molecule has 0 unspecified atom stereocenters. The first-order chi connectivity index (χ1) is 18.7. The number of hydrogen-bond donors (Lipinski definition) is 3. The molecule has 1 aliphatic rings. The van der Waals surface area contributed by atoms with E-state index in [0.29, 0.717) is 17.9 Å². The summed E-state index contributed by atoms with van der Waals surface area (Å²) in [5.41, 5.74) is 6.01. The number of nitrogens with one attached hydrogen (secondary N) is 3. The summed E-state index contributed by atoms with van der Waals surface area (Å²) in [6.45, 7) is 2.34. The standard InChI is InChI=1S/C27H26F2N6O3S/c1-3-11-32-25(37)19(17-30)15-24-35(4-2)26(38)22(39-24)8-12-31-20-6-5-7-21(16-20)33-23(36)18-34-13-9-27(28,29)10-14-34/h1,5-7,12,16,31H,4,9-11,13-14,18H2,2H3,(H,32,37)(H,33,36). The largest absolute Gasteiger partial charge is 0.355 e. The van der Waals surface area contributed by atoms with Gasteiger partial charge in [0.2, 0.25) is 5.91 Å². The molecule has 1 saturated heterocycles. The maximum Gasteiger partial charge on any atom is 0.277 e. The lowest BCUT2D eigenvalue weighted by Gasteiger charge is -2.31. The molecule has 39 heavy (non-hydrogen) atoms. The number of piperidine rings is 1. The number of likely N-dealkylation sites (tertiary alicyclic amines) is 1. The quantitative estimate of drug-likeness (QED) is 0.257. The number of benzene rings is 1. The predicted octanol–water partition coefficient (Wildman–Crippen LogP) is 1.18. The van der Waals surface area contributed by atoms with Crippen molar-refractivity contribution < 1.29 is 18.4 Å². The molecule has 0 spiro atoms. The number of terminal acetylenes is 1. The van der Waals surface area contributed by atoms with Crippen molar-refractivity contribution in [3.05, 3.63) is 55.6 Å². The van der Waals surface area contributed by atoms with Crippen LogP contribution in [0.25, 0.3) is 11.5 Å². The molecule has 0 saturated carbocycles. The second-order valence-corrected chi connectivity index (χ2v) is 9.48. The van der Waals surface area contributed by atoms with E-state index in [1.807, 2.05) is 0 Å². The molecule has 0 aliphatic carbocycles. The summed E-state index contributed by atoms with van der Waals surface area (Å²) in [6.07, 6.45) is 6.04. The Morgan fingerprint density at radius 2 is 1.97 bits per heavy atom. The van der Waals surface area contributed by atoms with Gasteiger partial charge in [0.1, 0.15) is 15.3 Å². The number of amides is 2. The first-order valence-electron chi connectivity index (χ1n) is 12.0. The Morgan fingerprint density at radius 3 is 2.64 bits per heavy atom. The third kappa shape index (κ3) is 8.27. The topological polar surface area (TPSA) is 119 Å². The fourth-order valence-corrected chi connectivity index (χ4v) is 4.64. The van der Waals surface area contributed by atoms with Crippen molar-refractivity contribution >= 4 is 46.0 Å². The maximum absolute atomic E-state index is 13.3. The molecule has 0 atom stereocenters. The smallest absolute Gasteiger partial charge is 0.277 e. The zero-order chi connectivity index (χ0) is 28.4. The number of carbonyl (C=O) groups is 2. The molecule has 12 heteroatoms. The minimum Gasteiger partial charge on any atom is -0.355 e. The summed E-state index contributed by atoms with van der Waals surface area (Å²) in [6, 6.07) is 8.60. The Bertz CT molecular complexity index is 1570. The van der Waals surface area contributed by atoms with Gasteiger partial charge in [-0.2, -0.15) is 5.26 Å². The number of anilines is 2. The maximum atomic E-state index is 13.3. The van der Waals surface area contributed by atoms with Gasteiger partial charge in [0.15, 0.2) is 5.57 Å². The Morgan fingerprint density at radius 1 is 1.26 bits per heavy atom. The van der Waals surface area contributed by atoms with Gasteiger partial charge in [-0.25, -0.2) is 8.78 Å². The number of hydrogen-bond acceptors (Lipinski definition) is 7. The van der Waals surface area contributed by atoms with Crippen molar-refractivity contribution in [1.29, 1.82) is 5.26 Å². The van der Waals surface area contributed by atoms with Crippen molar-refractivity contribution in [2.75, 3.05) is 36.8 Å². The molecule has 3 rings (SSSR count). The molecule has 9 nitrogen and oxygen atoms in total. The van der Waals surface area contributed by atoms with E-state index in [1.54, 1.807) is 42.2 Å². The summed E-state index contributed by atoms with van der Waals surface area (Å²) in [7, 11) is 0. The van der Waals surface area contributed by atoms with Crippen molar-refractivity contribution in [2.24, 2.45) is 0 Å². The number of aromatic nitrogens is 1. The van der Waals surface area contributed by atoms with E-state index in [0.717, 1.165) is 11.3 Å². The highest BCUT2D eigenvalue weighted by Gasteiger charge is 2.34. The minimum atomic E-state index is -2.67. The van der Waals surface area contributed by atoms with Crippen LogP contribution in [0, 0.1) is 23.7 Å². The highest BCUT2D eigenvalue weighted by molar-refractivity contribution is 7.07. The number of nitrogens with zero attached hydrogens (tertiary/aromatic N) is 3.